The quantitative estimate of drug-likeness (QED) is 0.761. The van der Waals surface area contributed by atoms with E-state index in [2.05, 4.69) is 0 Å². The normalized spacial score (nSPS) is 19.3. The number of halogens is 3. The smallest absolute Gasteiger partial charge is 0.202 e. The minimum atomic E-state index is -1.32. The van der Waals surface area contributed by atoms with Crippen LogP contribution >= 0.6 is 11.6 Å². The topological polar surface area (TPSA) is 46.2 Å². The molecule has 1 fully saturated rings. The van der Waals surface area contributed by atoms with E-state index in [0.29, 0.717) is 12.8 Å². The van der Waals surface area contributed by atoms with E-state index in [-0.39, 0.29) is 10.6 Å². The first-order chi connectivity index (χ1) is 7.96. The predicted molar refractivity (Wildman–Crippen MR) is 62.0 cm³/mol. The van der Waals surface area contributed by atoms with Crippen LogP contribution in [0.25, 0.3) is 0 Å². The van der Waals surface area contributed by atoms with Gasteiger partial charge < -0.3 is 10.8 Å². The van der Waals surface area contributed by atoms with Gasteiger partial charge in [0, 0.05) is 11.1 Å². The lowest BCUT2D eigenvalue weighted by molar-refractivity contribution is 0.287. The molecule has 2 rings (SSSR count). The molecular weight excluding hydrogens is 248 g/mol. The molecule has 5 heteroatoms. The van der Waals surface area contributed by atoms with E-state index in [1.54, 1.807) is 0 Å². The Morgan fingerprint density at radius 2 is 1.76 bits per heavy atom. The van der Waals surface area contributed by atoms with Gasteiger partial charge >= 0.3 is 0 Å². The third-order valence-electron chi connectivity index (χ3n) is 3.42. The van der Waals surface area contributed by atoms with E-state index in [0.717, 1.165) is 19.3 Å². The second-order valence-corrected chi connectivity index (χ2v) is 5.01. The summed E-state index contributed by atoms with van der Waals surface area (Å²) < 4.78 is 27.2. The lowest BCUT2D eigenvalue weighted by Gasteiger charge is -2.34. The van der Waals surface area contributed by atoms with Gasteiger partial charge in [0.05, 0.1) is 5.02 Å². The standard InChI is InChI=1S/C12H14ClF2NO/c13-8-6-7(9(14)10(15)11(8)17)12(16)4-2-1-3-5-12/h6,17H,1-5,16H2. The van der Waals surface area contributed by atoms with Crippen molar-refractivity contribution in [3.05, 3.63) is 28.3 Å². The summed E-state index contributed by atoms with van der Waals surface area (Å²) >= 11 is 5.66. The molecule has 0 atom stereocenters. The van der Waals surface area contributed by atoms with Crippen LogP contribution in [0.1, 0.15) is 37.7 Å². The lowest BCUT2D eigenvalue weighted by atomic mass is 9.77. The van der Waals surface area contributed by atoms with E-state index >= 15 is 0 Å². The van der Waals surface area contributed by atoms with Crippen LogP contribution in [-0.2, 0) is 5.54 Å². The van der Waals surface area contributed by atoms with Gasteiger partial charge in [0.1, 0.15) is 0 Å². The van der Waals surface area contributed by atoms with Gasteiger partial charge in [0.2, 0.25) is 5.82 Å². The van der Waals surface area contributed by atoms with Gasteiger partial charge in [-0.3, -0.25) is 0 Å². The fraction of sp³-hybridized carbons (Fsp3) is 0.500. The molecule has 94 valence electrons. The molecule has 0 heterocycles. The molecule has 0 spiro atoms. The zero-order chi connectivity index (χ0) is 12.6. The molecule has 0 unspecified atom stereocenters. The van der Waals surface area contributed by atoms with Gasteiger partial charge in [-0.25, -0.2) is 4.39 Å². The van der Waals surface area contributed by atoms with Crippen molar-refractivity contribution in [3.63, 3.8) is 0 Å². The number of benzene rings is 1. The second kappa shape index (κ2) is 4.42. The van der Waals surface area contributed by atoms with E-state index in [9.17, 15) is 13.9 Å². The Morgan fingerprint density at radius 3 is 2.35 bits per heavy atom. The lowest BCUT2D eigenvalue weighted by Crippen LogP contribution is -2.39. The zero-order valence-corrected chi connectivity index (χ0v) is 10.0. The van der Waals surface area contributed by atoms with Crippen LogP contribution in [0, 0.1) is 11.6 Å². The number of phenols is 1. The first-order valence-electron chi connectivity index (χ1n) is 5.61. The van der Waals surface area contributed by atoms with Crippen molar-refractivity contribution in [1.29, 1.82) is 0 Å². The highest BCUT2D eigenvalue weighted by Gasteiger charge is 2.34. The molecule has 1 aliphatic rings. The van der Waals surface area contributed by atoms with Crippen LogP contribution in [0.2, 0.25) is 5.02 Å². The molecule has 0 bridgehead atoms. The van der Waals surface area contributed by atoms with Gasteiger partial charge in [-0.1, -0.05) is 30.9 Å². The van der Waals surface area contributed by atoms with E-state index in [1.807, 2.05) is 0 Å². The SMILES string of the molecule is NC1(c2cc(Cl)c(O)c(F)c2F)CCCCC1. The molecule has 1 saturated carbocycles. The Labute approximate surface area is 103 Å². The maximum absolute atomic E-state index is 13.8. The van der Waals surface area contributed by atoms with E-state index in [1.165, 1.54) is 6.07 Å². The second-order valence-electron chi connectivity index (χ2n) is 4.60. The van der Waals surface area contributed by atoms with Crippen molar-refractivity contribution in [2.24, 2.45) is 5.73 Å². The summed E-state index contributed by atoms with van der Waals surface area (Å²) in [6.07, 6.45) is 4.02. The summed E-state index contributed by atoms with van der Waals surface area (Å²) in [4.78, 5) is 0. The number of aromatic hydroxyl groups is 1. The predicted octanol–water partition coefficient (Wildman–Crippen LogP) is 3.44. The summed E-state index contributed by atoms with van der Waals surface area (Å²) in [7, 11) is 0. The van der Waals surface area contributed by atoms with Crippen molar-refractivity contribution in [2.45, 2.75) is 37.6 Å². The minimum Gasteiger partial charge on any atom is -0.504 e. The fourth-order valence-electron chi connectivity index (χ4n) is 2.40. The molecule has 3 N–H and O–H groups in total. The summed E-state index contributed by atoms with van der Waals surface area (Å²) in [5.41, 5.74) is 5.31. The molecule has 0 saturated heterocycles. The summed E-state index contributed by atoms with van der Waals surface area (Å²) in [6, 6.07) is 1.24. The molecule has 0 radical (unpaired) electrons. The van der Waals surface area contributed by atoms with Gasteiger partial charge in [0.15, 0.2) is 11.6 Å². The monoisotopic (exact) mass is 261 g/mol. The van der Waals surface area contributed by atoms with Gasteiger partial charge in [-0.15, -0.1) is 0 Å². The molecule has 0 amide bonds. The largest absolute Gasteiger partial charge is 0.504 e. The Bertz CT molecular complexity index is 445. The number of hydrogen-bond acceptors (Lipinski definition) is 2. The zero-order valence-electron chi connectivity index (χ0n) is 9.27. The molecule has 1 aliphatic carbocycles. The molecule has 0 aliphatic heterocycles. The van der Waals surface area contributed by atoms with Crippen LogP contribution < -0.4 is 5.73 Å². The van der Waals surface area contributed by atoms with Gasteiger partial charge in [-0.2, -0.15) is 4.39 Å². The van der Waals surface area contributed by atoms with Crippen LogP contribution in [-0.4, -0.2) is 5.11 Å². The van der Waals surface area contributed by atoms with Gasteiger partial charge in [-0.05, 0) is 18.9 Å². The van der Waals surface area contributed by atoms with E-state index in [4.69, 9.17) is 17.3 Å². The number of nitrogens with two attached hydrogens (primary N) is 1. The average Bonchev–Trinajstić information content (AvgIpc) is 2.32. The highest BCUT2D eigenvalue weighted by Crippen LogP contribution is 2.40. The highest BCUT2D eigenvalue weighted by atomic mass is 35.5. The molecule has 1 aromatic rings. The first-order valence-corrected chi connectivity index (χ1v) is 5.99. The van der Waals surface area contributed by atoms with Crippen LogP contribution in [0.3, 0.4) is 0 Å². The van der Waals surface area contributed by atoms with Crippen LogP contribution in [0.15, 0.2) is 6.07 Å². The van der Waals surface area contributed by atoms with Crippen molar-refractivity contribution < 1.29 is 13.9 Å². The van der Waals surface area contributed by atoms with Crippen molar-refractivity contribution in [3.8, 4) is 5.75 Å². The molecule has 2 nitrogen and oxygen atoms in total. The Kier molecular flexibility index (Phi) is 3.27. The maximum Gasteiger partial charge on any atom is 0.202 e. The number of hydrogen-bond donors (Lipinski definition) is 2. The molecular formula is C12H14ClF2NO. The molecule has 1 aromatic carbocycles. The maximum atomic E-state index is 13.8. The van der Waals surface area contributed by atoms with Crippen molar-refractivity contribution >= 4 is 11.6 Å². The van der Waals surface area contributed by atoms with E-state index < -0.39 is 22.9 Å². The summed E-state index contributed by atoms with van der Waals surface area (Å²) in [6.45, 7) is 0. The number of phenolic OH excluding ortho intramolecular Hbond substituents is 1. The van der Waals surface area contributed by atoms with Crippen molar-refractivity contribution in [1.82, 2.24) is 0 Å². The Hall–Kier alpha value is -0.870. The Balaban J connectivity index is 2.51. The van der Waals surface area contributed by atoms with Crippen molar-refractivity contribution in [2.75, 3.05) is 0 Å². The van der Waals surface area contributed by atoms with Gasteiger partial charge in [0.25, 0.3) is 0 Å². The average molecular weight is 262 g/mol. The Morgan fingerprint density at radius 1 is 1.18 bits per heavy atom. The third kappa shape index (κ3) is 2.11. The first kappa shape index (κ1) is 12.6. The summed E-state index contributed by atoms with van der Waals surface area (Å²) in [5, 5.41) is 9.01. The van der Waals surface area contributed by atoms with Crippen LogP contribution in [0.4, 0.5) is 8.78 Å². The molecule has 0 aromatic heterocycles. The number of rotatable bonds is 1. The third-order valence-corrected chi connectivity index (χ3v) is 3.70. The minimum absolute atomic E-state index is 0.0671. The highest BCUT2D eigenvalue weighted by molar-refractivity contribution is 6.32. The van der Waals surface area contributed by atoms with Crippen LogP contribution in [0.5, 0.6) is 5.75 Å². The fourth-order valence-corrected chi connectivity index (χ4v) is 2.59. The summed E-state index contributed by atoms with van der Waals surface area (Å²) in [5.74, 6) is -3.26. The molecule has 17 heavy (non-hydrogen) atoms.